The largest absolute Gasteiger partial charge is 0.384 e. The topological polar surface area (TPSA) is 15.3 Å². The summed E-state index contributed by atoms with van der Waals surface area (Å²) >= 11 is 0. The third-order valence-corrected chi connectivity index (χ3v) is 3.28. The molecule has 2 nitrogen and oxygen atoms in total. The third kappa shape index (κ3) is 3.34. The molecule has 0 saturated carbocycles. The van der Waals surface area contributed by atoms with Crippen molar-refractivity contribution in [1.82, 2.24) is 4.90 Å². The molecule has 0 spiro atoms. The van der Waals surface area contributed by atoms with Crippen LogP contribution >= 0.6 is 0 Å². The molecular formula is C15H22N2. The fourth-order valence-corrected chi connectivity index (χ4v) is 2.33. The summed E-state index contributed by atoms with van der Waals surface area (Å²) in [6.07, 6.45) is 5.47. The van der Waals surface area contributed by atoms with Gasteiger partial charge in [-0.15, -0.1) is 6.58 Å². The molecule has 0 amide bonds. The van der Waals surface area contributed by atoms with Gasteiger partial charge in [0.05, 0.1) is 0 Å². The van der Waals surface area contributed by atoms with Crippen molar-refractivity contribution in [1.29, 1.82) is 0 Å². The average molecular weight is 230 g/mol. The Morgan fingerprint density at radius 3 is 3.18 bits per heavy atom. The maximum absolute atomic E-state index is 3.75. The maximum Gasteiger partial charge on any atom is 0.0376 e. The molecule has 0 bridgehead atoms. The standard InChI is InChI=1S/C15H22N2/c1-3-4-5-10-17(2)12-13-6-7-14-8-9-16-15(14)11-13/h3,6-7,11,16H,1,4-5,8-10,12H2,2H3. The lowest BCUT2D eigenvalue weighted by Gasteiger charge is -2.16. The maximum atomic E-state index is 3.75. The predicted octanol–water partition coefficient (Wildman–Crippen LogP) is 3.05. The van der Waals surface area contributed by atoms with Crippen LogP contribution in [0.4, 0.5) is 5.69 Å². The number of hydrogen-bond acceptors (Lipinski definition) is 2. The highest BCUT2D eigenvalue weighted by molar-refractivity contribution is 5.56. The first-order valence-electron chi connectivity index (χ1n) is 6.44. The van der Waals surface area contributed by atoms with Crippen LogP contribution in [0, 0.1) is 0 Å². The molecule has 1 aliphatic rings. The molecule has 0 aliphatic carbocycles. The zero-order valence-electron chi connectivity index (χ0n) is 10.7. The van der Waals surface area contributed by atoms with Crippen molar-refractivity contribution in [2.45, 2.75) is 25.8 Å². The van der Waals surface area contributed by atoms with Crippen LogP contribution in [-0.4, -0.2) is 25.0 Å². The lowest BCUT2D eigenvalue weighted by molar-refractivity contribution is 0.323. The number of allylic oxidation sites excluding steroid dienone is 1. The molecule has 1 N–H and O–H groups in total. The average Bonchev–Trinajstić information content (AvgIpc) is 2.76. The van der Waals surface area contributed by atoms with Crippen molar-refractivity contribution < 1.29 is 0 Å². The van der Waals surface area contributed by atoms with E-state index < -0.39 is 0 Å². The highest BCUT2D eigenvalue weighted by Gasteiger charge is 2.10. The number of benzene rings is 1. The van der Waals surface area contributed by atoms with Crippen molar-refractivity contribution in [2.24, 2.45) is 0 Å². The summed E-state index contributed by atoms with van der Waals surface area (Å²) in [5.41, 5.74) is 4.20. The van der Waals surface area contributed by atoms with Gasteiger partial charge in [-0.1, -0.05) is 18.2 Å². The Hall–Kier alpha value is -1.28. The molecule has 2 rings (SSSR count). The van der Waals surface area contributed by atoms with Gasteiger partial charge in [0.15, 0.2) is 0 Å². The van der Waals surface area contributed by atoms with Crippen molar-refractivity contribution in [3.05, 3.63) is 42.0 Å². The molecule has 1 aromatic rings. The van der Waals surface area contributed by atoms with E-state index in [1.54, 1.807) is 0 Å². The second kappa shape index (κ2) is 5.87. The molecule has 17 heavy (non-hydrogen) atoms. The Kier molecular flexibility index (Phi) is 4.21. The Labute approximate surface area is 104 Å². The van der Waals surface area contributed by atoms with Gasteiger partial charge in [-0.05, 0) is 50.0 Å². The summed E-state index contributed by atoms with van der Waals surface area (Å²) < 4.78 is 0. The van der Waals surface area contributed by atoms with Crippen molar-refractivity contribution in [3.63, 3.8) is 0 Å². The van der Waals surface area contributed by atoms with E-state index in [0.717, 1.165) is 26.1 Å². The number of unbranched alkanes of at least 4 members (excludes halogenated alkanes) is 1. The first kappa shape index (κ1) is 12.2. The molecule has 0 fully saturated rings. The van der Waals surface area contributed by atoms with Crippen LogP contribution in [0.1, 0.15) is 24.0 Å². The van der Waals surface area contributed by atoms with Crippen molar-refractivity contribution >= 4 is 5.69 Å². The molecule has 1 heterocycles. The Morgan fingerprint density at radius 2 is 2.35 bits per heavy atom. The number of nitrogens with one attached hydrogen (secondary N) is 1. The van der Waals surface area contributed by atoms with E-state index >= 15 is 0 Å². The van der Waals surface area contributed by atoms with Crippen LogP contribution in [0.5, 0.6) is 0 Å². The minimum absolute atomic E-state index is 1.03. The SMILES string of the molecule is C=CCCCN(C)Cc1ccc2c(c1)NCC2. The van der Waals surface area contributed by atoms with Gasteiger partial charge < -0.3 is 10.2 Å². The number of rotatable bonds is 6. The summed E-state index contributed by atoms with van der Waals surface area (Å²) in [5, 5.41) is 3.43. The molecule has 0 aromatic heterocycles. The van der Waals surface area contributed by atoms with Gasteiger partial charge in [-0.3, -0.25) is 0 Å². The monoisotopic (exact) mass is 230 g/mol. The molecule has 0 radical (unpaired) electrons. The van der Waals surface area contributed by atoms with Crippen LogP contribution in [-0.2, 0) is 13.0 Å². The van der Waals surface area contributed by atoms with E-state index in [9.17, 15) is 0 Å². The molecule has 2 heteroatoms. The van der Waals surface area contributed by atoms with E-state index in [1.165, 1.54) is 29.7 Å². The van der Waals surface area contributed by atoms with Crippen LogP contribution in [0.3, 0.4) is 0 Å². The second-order valence-corrected chi connectivity index (χ2v) is 4.84. The van der Waals surface area contributed by atoms with Crippen LogP contribution < -0.4 is 5.32 Å². The number of fused-ring (bicyclic) bond motifs is 1. The fraction of sp³-hybridized carbons (Fsp3) is 0.467. The second-order valence-electron chi connectivity index (χ2n) is 4.84. The lowest BCUT2D eigenvalue weighted by atomic mass is 10.1. The quantitative estimate of drug-likeness (QED) is 0.597. The summed E-state index contributed by atoms with van der Waals surface area (Å²) in [5.74, 6) is 0. The minimum Gasteiger partial charge on any atom is -0.384 e. The smallest absolute Gasteiger partial charge is 0.0376 e. The summed E-state index contributed by atoms with van der Waals surface area (Å²) in [6, 6.07) is 6.82. The normalized spacial score (nSPS) is 13.5. The highest BCUT2D eigenvalue weighted by Crippen LogP contribution is 2.23. The zero-order chi connectivity index (χ0) is 12.1. The van der Waals surface area contributed by atoms with Gasteiger partial charge >= 0.3 is 0 Å². The Morgan fingerprint density at radius 1 is 1.47 bits per heavy atom. The van der Waals surface area contributed by atoms with E-state index in [-0.39, 0.29) is 0 Å². The van der Waals surface area contributed by atoms with Gasteiger partial charge in [0.1, 0.15) is 0 Å². The first-order valence-corrected chi connectivity index (χ1v) is 6.44. The number of anilines is 1. The molecule has 0 atom stereocenters. The Bertz CT molecular complexity index is 385. The highest BCUT2D eigenvalue weighted by atomic mass is 15.1. The third-order valence-electron chi connectivity index (χ3n) is 3.28. The number of hydrogen-bond donors (Lipinski definition) is 1. The molecule has 0 saturated heterocycles. The van der Waals surface area contributed by atoms with Gasteiger partial charge in [0, 0.05) is 18.8 Å². The summed E-state index contributed by atoms with van der Waals surface area (Å²) in [4.78, 5) is 2.38. The molecule has 1 aliphatic heterocycles. The minimum atomic E-state index is 1.03. The van der Waals surface area contributed by atoms with E-state index in [1.807, 2.05) is 6.08 Å². The van der Waals surface area contributed by atoms with Gasteiger partial charge in [-0.25, -0.2) is 0 Å². The molecule has 1 aromatic carbocycles. The van der Waals surface area contributed by atoms with E-state index in [2.05, 4.69) is 42.0 Å². The summed E-state index contributed by atoms with van der Waals surface area (Å²) in [6.45, 7) is 7.01. The van der Waals surface area contributed by atoms with Gasteiger partial charge in [-0.2, -0.15) is 0 Å². The van der Waals surface area contributed by atoms with Gasteiger partial charge in [0.2, 0.25) is 0 Å². The summed E-state index contributed by atoms with van der Waals surface area (Å²) in [7, 11) is 2.18. The fourth-order valence-electron chi connectivity index (χ4n) is 2.33. The van der Waals surface area contributed by atoms with Crippen LogP contribution in [0.15, 0.2) is 30.9 Å². The predicted molar refractivity (Wildman–Crippen MR) is 74.4 cm³/mol. The van der Waals surface area contributed by atoms with Crippen molar-refractivity contribution in [3.8, 4) is 0 Å². The van der Waals surface area contributed by atoms with E-state index in [0.29, 0.717) is 0 Å². The van der Waals surface area contributed by atoms with Crippen molar-refractivity contribution in [2.75, 3.05) is 25.5 Å². The van der Waals surface area contributed by atoms with Crippen LogP contribution in [0.25, 0.3) is 0 Å². The van der Waals surface area contributed by atoms with Gasteiger partial charge in [0.25, 0.3) is 0 Å². The van der Waals surface area contributed by atoms with E-state index in [4.69, 9.17) is 0 Å². The molecule has 92 valence electrons. The number of nitrogens with zero attached hydrogens (tertiary/aromatic N) is 1. The van der Waals surface area contributed by atoms with Crippen LogP contribution in [0.2, 0.25) is 0 Å². The lowest BCUT2D eigenvalue weighted by Crippen LogP contribution is -2.18. The Balaban J connectivity index is 1.88. The molecule has 0 unspecified atom stereocenters. The zero-order valence-corrected chi connectivity index (χ0v) is 10.7. The molecular weight excluding hydrogens is 208 g/mol. The first-order chi connectivity index (χ1) is 8.29.